The molecule has 1 fully saturated rings. The Balaban J connectivity index is 1.49. The number of carbonyl (C=O) groups is 1. The summed E-state index contributed by atoms with van der Waals surface area (Å²) in [4.78, 5) is 19.9. The van der Waals surface area contributed by atoms with Gasteiger partial charge >= 0.3 is 6.18 Å². The lowest BCUT2D eigenvalue weighted by molar-refractivity contribution is -0.141. The van der Waals surface area contributed by atoms with Crippen LogP contribution in [0.25, 0.3) is 10.9 Å². The van der Waals surface area contributed by atoms with E-state index in [0.717, 1.165) is 36.3 Å². The number of hydrogen-bond donors (Lipinski definition) is 1. The number of nitrogens with zero attached hydrogens (tertiary/aromatic N) is 4. The van der Waals surface area contributed by atoms with E-state index in [1.54, 1.807) is 12.3 Å². The summed E-state index contributed by atoms with van der Waals surface area (Å²) in [5.74, 6) is 0.276. The van der Waals surface area contributed by atoms with Crippen molar-refractivity contribution in [3.8, 4) is 0 Å². The molecule has 1 N–H and O–H groups in total. The van der Waals surface area contributed by atoms with Crippen LogP contribution < -0.4 is 5.32 Å². The molecule has 0 saturated heterocycles. The highest BCUT2D eigenvalue weighted by molar-refractivity contribution is 6.03. The van der Waals surface area contributed by atoms with Crippen molar-refractivity contribution in [2.45, 2.75) is 51.2 Å². The van der Waals surface area contributed by atoms with E-state index < -0.39 is 17.8 Å². The average Bonchev–Trinajstić information content (AvgIpc) is 3.16. The molecule has 30 heavy (non-hydrogen) atoms. The molecule has 9 heteroatoms. The van der Waals surface area contributed by atoms with Gasteiger partial charge in [0.2, 0.25) is 0 Å². The lowest BCUT2D eigenvalue weighted by Gasteiger charge is -2.27. The number of anilines is 1. The number of pyridine rings is 2. The van der Waals surface area contributed by atoms with E-state index in [1.807, 2.05) is 10.9 Å². The quantitative estimate of drug-likeness (QED) is 0.630. The molecule has 3 aromatic heterocycles. The molecule has 3 heterocycles. The summed E-state index contributed by atoms with van der Waals surface area (Å²) in [5.41, 5.74) is -0.726. The van der Waals surface area contributed by atoms with Crippen LogP contribution in [-0.2, 0) is 6.18 Å². The Labute approximate surface area is 171 Å². The third-order valence-electron chi connectivity index (χ3n) is 5.69. The molecule has 0 unspecified atom stereocenters. The number of nitrogens with one attached hydrogen (secondary N) is 1. The van der Waals surface area contributed by atoms with Gasteiger partial charge in [0.25, 0.3) is 5.91 Å². The molecule has 158 valence electrons. The predicted octanol–water partition coefficient (Wildman–Crippen LogP) is 5.24. The van der Waals surface area contributed by atoms with Gasteiger partial charge in [0.15, 0.2) is 0 Å². The van der Waals surface area contributed by atoms with Crippen molar-refractivity contribution in [2.75, 3.05) is 5.32 Å². The number of hydrogen-bond acceptors (Lipinski definition) is 4. The van der Waals surface area contributed by atoms with Crippen LogP contribution >= 0.6 is 0 Å². The highest BCUT2D eigenvalue weighted by atomic mass is 19.4. The van der Waals surface area contributed by atoms with Gasteiger partial charge in [-0.3, -0.25) is 9.48 Å². The van der Waals surface area contributed by atoms with Crippen LogP contribution in [0.2, 0.25) is 0 Å². The molecule has 4 rings (SSSR count). The van der Waals surface area contributed by atoms with E-state index in [4.69, 9.17) is 0 Å². The Hall–Kier alpha value is -2.97. The smallest absolute Gasteiger partial charge is 0.305 e. The number of alkyl halides is 3. The fourth-order valence-electron chi connectivity index (χ4n) is 3.92. The van der Waals surface area contributed by atoms with Crippen molar-refractivity contribution in [3.05, 3.63) is 48.0 Å². The first kappa shape index (κ1) is 20.3. The molecule has 0 spiro atoms. The van der Waals surface area contributed by atoms with Crippen LogP contribution in [0.15, 0.2) is 36.7 Å². The van der Waals surface area contributed by atoms with Crippen molar-refractivity contribution in [1.82, 2.24) is 19.7 Å². The van der Waals surface area contributed by atoms with Gasteiger partial charge in [-0.15, -0.1) is 0 Å². The fraction of sp³-hybridized carbons (Fsp3) is 0.429. The maximum atomic E-state index is 12.8. The number of fused-ring (bicyclic) bond motifs is 1. The second-order valence-corrected chi connectivity index (χ2v) is 7.68. The van der Waals surface area contributed by atoms with Gasteiger partial charge in [0, 0.05) is 11.6 Å². The summed E-state index contributed by atoms with van der Waals surface area (Å²) in [6.45, 7) is 2.23. The van der Waals surface area contributed by atoms with Crippen molar-refractivity contribution in [1.29, 1.82) is 0 Å². The Morgan fingerprint density at radius 3 is 2.70 bits per heavy atom. The standard InChI is InChI=1S/C21H22F3N5O/c1-2-13-6-8-15(9-7-13)29-12-14-10-19(25-11-17(14)28-29)27-20(30)16-4-3-5-18(26-16)21(22,23)24/h3-5,10-13,15H,2,6-9H2,1H3,(H,27,30). The molecule has 0 aliphatic heterocycles. The molecular formula is C21H22F3N5O. The molecule has 0 atom stereocenters. The largest absolute Gasteiger partial charge is 0.433 e. The first-order valence-electron chi connectivity index (χ1n) is 10.0. The fourth-order valence-corrected chi connectivity index (χ4v) is 3.92. The zero-order chi connectivity index (χ0) is 21.3. The molecule has 1 aliphatic carbocycles. The second kappa shape index (κ2) is 8.04. The molecule has 1 saturated carbocycles. The van der Waals surface area contributed by atoms with Crippen LogP contribution in [0.3, 0.4) is 0 Å². The van der Waals surface area contributed by atoms with Crippen molar-refractivity contribution < 1.29 is 18.0 Å². The van der Waals surface area contributed by atoms with Crippen molar-refractivity contribution in [3.63, 3.8) is 0 Å². The summed E-state index contributed by atoms with van der Waals surface area (Å²) < 4.78 is 40.4. The molecule has 1 amide bonds. The van der Waals surface area contributed by atoms with Crippen molar-refractivity contribution in [2.24, 2.45) is 5.92 Å². The molecule has 3 aromatic rings. The topological polar surface area (TPSA) is 72.7 Å². The average molecular weight is 417 g/mol. The van der Waals surface area contributed by atoms with Gasteiger partial charge in [-0.05, 0) is 49.8 Å². The zero-order valence-electron chi connectivity index (χ0n) is 16.5. The van der Waals surface area contributed by atoms with Crippen LogP contribution in [0.5, 0.6) is 0 Å². The van der Waals surface area contributed by atoms with Gasteiger partial charge in [0.1, 0.15) is 22.7 Å². The summed E-state index contributed by atoms with van der Waals surface area (Å²) in [6.07, 6.45) is 4.65. The minimum Gasteiger partial charge on any atom is -0.305 e. The molecule has 0 bridgehead atoms. The molecule has 0 aromatic carbocycles. The Morgan fingerprint density at radius 1 is 1.23 bits per heavy atom. The zero-order valence-corrected chi connectivity index (χ0v) is 16.5. The van der Waals surface area contributed by atoms with E-state index in [1.165, 1.54) is 25.3 Å². The summed E-state index contributed by atoms with van der Waals surface area (Å²) in [6, 6.07) is 5.23. The predicted molar refractivity (Wildman–Crippen MR) is 106 cm³/mol. The molecule has 6 nitrogen and oxygen atoms in total. The molecular weight excluding hydrogens is 395 g/mol. The van der Waals surface area contributed by atoms with E-state index in [0.29, 0.717) is 11.6 Å². The lowest BCUT2D eigenvalue weighted by atomic mass is 9.85. The lowest BCUT2D eigenvalue weighted by Crippen LogP contribution is -2.18. The van der Waals surface area contributed by atoms with Gasteiger partial charge in [-0.2, -0.15) is 18.3 Å². The number of rotatable bonds is 4. The van der Waals surface area contributed by atoms with Crippen LogP contribution in [0.1, 0.15) is 61.3 Å². The minimum atomic E-state index is -4.61. The highest BCUT2D eigenvalue weighted by Crippen LogP contribution is 2.34. The van der Waals surface area contributed by atoms with Crippen LogP contribution in [-0.4, -0.2) is 25.7 Å². The Morgan fingerprint density at radius 2 is 2.00 bits per heavy atom. The summed E-state index contributed by atoms with van der Waals surface area (Å²) in [5, 5.41) is 7.94. The van der Waals surface area contributed by atoms with Gasteiger partial charge in [-0.1, -0.05) is 19.4 Å². The molecule has 1 aliphatic rings. The first-order valence-corrected chi connectivity index (χ1v) is 10.0. The third kappa shape index (κ3) is 4.29. The Bertz CT molecular complexity index is 1050. The maximum absolute atomic E-state index is 12.8. The van der Waals surface area contributed by atoms with Gasteiger partial charge < -0.3 is 5.32 Å². The van der Waals surface area contributed by atoms with E-state index in [2.05, 4.69) is 27.3 Å². The van der Waals surface area contributed by atoms with E-state index in [9.17, 15) is 18.0 Å². The first-order chi connectivity index (χ1) is 14.3. The minimum absolute atomic E-state index is 0.237. The van der Waals surface area contributed by atoms with E-state index in [-0.39, 0.29) is 11.5 Å². The highest BCUT2D eigenvalue weighted by Gasteiger charge is 2.33. The Kier molecular flexibility index (Phi) is 5.44. The second-order valence-electron chi connectivity index (χ2n) is 7.68. The molecule has 0 radical (unpaired) electrons. The number of aromatic nitrogens is 4. The number of amides is 1. The summed E-state index contributed by atoms with van der Waals surface area (Å²) in [7, 11) is 0. The number of carbonyl (C=O) groups excluding carboxylic acids is 1. The van der Waals surface area contributed by atoms with Crippen LogP contribution in [0.4, 0.5) is 19.0 Å². The van der Waals surface area contributed by atoms with Crippen molar-refractivity contribution >= 4 is 22.6 Å². The van der Waals surface area contributed by atoms with E-state index >= 15 is 0 Å². The summed E-state index contributed by atoms with van der Waals surface area (Å²) >= 11 is 0. The van der Waals surface area contributed by atoms with Gasteiger partial charge in [-0.25, -0.2) is 9.97 Å². The maximum Gasteiger partial charge on any atom is 0.433 e. The number of halogens is 3. The normalized spacial score (nSPS) is 19.7. The van der Waals surface area contributed by atoms with Crippen LogP contribution in [0, 0.1) is 5.92 Å². The SMILES string of the molecule is CCC1CCC(n2cc3cc(NC(=O)c4cccc(C(F)(F)F)n4)ncc3n2)CC1. The third-order valence-corrected chi connectivity index (χ3v) is 5.69. The monoisotopic (exact) mass is 417 g/mol. The van der Waals surface area contributed by atoms with Gasteiger partial charge in [0.05, 0.1) is 12.2 Å².